The Hall–Kier alpha value is -1.40. The first-order valence-electron chi connectivity index (χ1n) is 9.05. The quantitative estimate of drug-likeness (QED) is 0.539. The number of rotatable bonds is 7. The molecule has 0 unspecified atom stereocenters. The predicted octanol–water partition coefficient (Wildman–Crippen LogP) is 4.04. The highest BCUT2D eigenvalue weighted by molar-refractivity contribution is 7.14. The SMILES string of the molecule is CCOCCN(C(=O)C1CCC(C)CC1)c1cc(C)sc1C(=O)OC. The molecule has 1 aliphatic rings. The van der Waals surface area contributed by atoms with E-state index < -0.39 is 0 Å². The number of nitrogens with zero attached hydrogens (tertiary/aromatic N) is 1. The van der Waals surface area contributed by atoms with E-state index in [9.17, 15) is 9.59 Å². The van der Waals surface area contributed by atoms with Crippen molar-refractivity contribution in [3.63, 3.8) is 0 Å². The molecule has 0 aromatic carbocycles. The highest BCUT2D eigenvalue weighted by atomic mass is 32.1. The van der Waals surface area contributed by atoms with Crippen LogP contribution in [0.4, 0.5) is 5.69 Å². The van der Waals surface area contributed by atoms with Crippen LogP contribution < -0.4 is 4.90 Å². The Bertz CT molecular complexity index is 590. The van der Waals surface area contributed by atoms with Crippen molar-refractivity contribution in [2.75, 3.05) is 31.8 Å². The summed E-state index contributed by atoms with van der Waals surface area (Å²) in [6.07, 6.45) is 4.01. The highest BCUT2D eigenvalue weighted by Crippen LogP contribution is 2.35. The standard InChI is InChI=1S/C19H29NO4S/c1-5-24-11-10-20(18(21)15-8-6-13(2)7-9-15)16-12-14(3)25-17(16)19(22)23-4/h12-13,15H,5-11H2,1-4H3. The van der Waals surface area contributed by atoms with E-state index in [0.29, 0.717) is 36.2 Å². The van der Waals surface area contributed by atoms with Crippen molar-refractivity contribution >= 4 is 28.9 Å². The van der Waals surface area contributed by atoms with Crippen LogP contribution in [-0.4, -0.2) is 38.7 Å². The predicted molar refractivity (Wildman–Crippen MR) is 100 cm³/mol. The molecule has 1 saturated carbocycles. The van der Waals surface area contributed by atoms with Crippen LogP contribution >= 0.6 is 11.3 Å². The van der Waals surface area contributed by atoms with Crippen molar-refractivity contribution < 1.29 is 19.1 Å². The van der Waals surface area contributed by atoms with E-state index in [2.05, 4.69) is 6.92 Å². The molecule has 5 nitrogen and oxygen atoms in total. The van der Waals surface area contributed by atoms with E-state index in [4.69, 9.17) is 9.47 Å². The van der Waals surface area contributed by atoms with Crippen molar-refractivity contribution in [1.82, 2.24) is 0 Å². The molecule has 1 heterocycles. The van der Waals surface area contributed by atoms with Gasteiger partial charge in [-0.3, -0.25) is 4.79 Å². The summed E-state index contributed by atoms with van der Waals surface area (Å²) in [6.45, 7) is 7.64. The van der Waals surface area contributed by atoms with E-state index in [1.54, 1.807) is 4.90 Å². The molecule has 1 aliphatic carbocycles. The van der Waals surface area contributed by atoms with Crippen molar-refractivity contribution in [2.24, 2.45) is 11.8 Å². The van der Waals surface area contributed by atoms with Gasteiger partial charge in [-0.25, -0.2) is 4.79 Å². The molecule has 2 rings (SSSR count). The van der Waals surface area contributed by atoms with Crippen LogP contribution in [0.1, 0.15) is 54.1 Å². The first-order chi connectivity index (χ1) is 12.0. The summed E-state index contributed by atoms with van der Waals surface area (Å²) in [5, 5.41) is 0. The molecule has 0 N–H and O–H groups in total. The van der Waals surface area contributed by atoms with Gasteiger partial charge < -0.3 is 14.4 Å². The summed E-state index contributed by atoms with van der Waals surface area (Å²) in [5.74, 6) is 0.438. The largest absolute Gasteiger partial charge is 0.465 e. The second kappa shape index (κ2) is 9.34. The number of esters is 1. The molecule has 1 amide bonds. The van der Waals surface area contributed by atoms with Crippen LogP contribution in [-0.2, 0) is 14.3 Å². The van der Waals surface area contributed by atoms with Gasteiger partial charge >= 0.3 is 5.97 Å². The Balaban J connectivity index is 2.26. The van der Waals surface area contributed by atoms with Crippen molar-refractivity contribution in [3.05, 3.63) is 15.8 Å². The van der Waals surface area contributed by atoms with Crippen LogP contribution in [0.2, 0.25) is 0 Å². The van der Waals surface area contributed by atoms with Crippen LogP contribution in [0.3, 0.4) is 0 Å². The molecule has 0 radical (unpaired) electrons. The molecule has 0 spiro atoms. The summed E-state index contributed by atoms with van der Waals surface area (Å²) < 4.78 is 10.4. The normalized spacial score (nSPS) is 20.3. The highest BCUT2D eigenvalue weighted by Gasteiger charge is 2.31. The lowest BCUT2D eigenvalue weighted by molar-refractivity contribution is -0.123. The van der Waals surface area contributed by atoms with Gasteiger partial charge in [-0.05, 0) is 51.5 Å². The van der Waals surface area contributed by atoms with Gasteiger partial charge in [0.25, 0.3) is 0 Å². The maximum Gasteiger partial charge on any atom is 0.350 e. The Morgan fingerprint density at radius 3 is 2.56 bits per heavy atom. The number of hydrogen-bond acceptors (Lipinski definition) is 5. The maximum absolute atomic E-state index is 13.2. The molecule has 25 heavy (non-hydrogen) atoms. The number of hydrogen-bond donors (Lipinski definition) is 0. The van der Waals surface area contributed by atoms with Gasteiger partial charge in [-0.2, -0.15) is 0 Å². The number of aryl methyl sites for hydroxylation is 1. The van der Waals surface area contributed by atoms with Crippen molar-refractivity contribution in [2.45, 2.75) is 46.5 Å². The molecule has 6 heteroatoms. The van der Waals surface area contributed by atoms with Gasteiger partial charge in [0.1, 0.15) is 4.88 Å². The molecule has 0 aliphatic heterocycles. The zero-order valence-corrected chi connectivity index (χ0v) is 16.5. The summed E-state index contributed by atoms with van der Waals surface area (Å²) in [6, 6.07) is 1.91. The first-order valence-corrected chi connectivity index (χ1v) is 9.87. The molecule has 0 saturated heterocycles. The third-order valence-electron chi connectivity index (χ3n) is 4.79. The number of thiophene rings is 1. The average molecular weight is 368 g/mol. The van der Waals surface area contributed by atoms with E-state index >= 15 is 0 Å². The zero-order chi connectivity index (χ0) is 18.4. The summed E-state index contributed by atoms with van der Waals surface area (Å²) >= 11 is 1.37. The van der Waals surface area contributed by atoms with E-state index in [-0.39, 0.29) is 17.8 Å². The van der Waals surface area contributed by atoms with Crippen LogP contribution in [0, 0.1) is 18.8 Å². The molecule has 0 atom stereocenters. The van der Waals surface area contributed by atoms with Crippen LogP contribution in [0.5, 0.6) is 0 Å². The number of ether oxygens (including phenoxy) is 2. The lowest BCUT2D eigenvalue weighted by Gasteiger charge is -2.31. The fraction of sp³-hybridized carbons (Fsp3) is 0.684. The maximum atomic E-state index is 13.2. The molecule has 1 aromatic rings. The van der Waals surface area contributed by atoms with Gasteiger partial charge in [0.2, 0.25) is 5.91 Å². The van der Waals surface area contributed by atoms with Gasteiger partial charge in [0, 0.05) is 23.9 Å². The summed E-state index contributed by atoms with van der Waals surface area (Å²) in [7, 11) is 1.37. The molecule has 1 fully saturated rings. The second-order valence-corrected chi connectivity index (χ2v) is 7.96. The Kier molecular flexibility index (Phi) is 7.44. The fourth-order valence-corrected chi connectivity index (χ4v) is 4.25. The summed E-state index contributed by atoms with van der Waals surface area (Å²) in [5.41, 5.74) is 0.665. The minimum atomic E-state index is -0.389. The second-order valence-electron chi connectivity index (χ2n) is 6.71. The van der Waals surface area contributed by atoms with Gasteiger partial charge in [0.15, 0.2) is 0 Å². The smallest absolute Gasteiger partial charge is 0.350 e. The molecular weight excluding hydrogens is 338 g/mol. The van der Waals surface area contributed by atoms with Crippen LogP contribution in [0.15, 0.2) is 6.07 Å². The lowest BCUT2D eigenvalue weighted by atomic mass is 9.82. The zero-order valence-electron chi connectivity index (χ0n) is 15.7. The number of amides is 1. The molecule has 140 valence electrons. The Labute approximate surface area is 154 Å². The molecular formula is C19H29NO4S. The van der Waals surface area contributed by atoms with E-state index in [0.717, 1.165) is 30.6 Å². The first kappa shape index (κ1) is 19.9. The van der Waals surface area contributed by atoms with Gasteiger partial charge in [-0.1, -0.05) is 6.92 Å². The molecule has 1 aromatic heterocycles. The van der Waals surface area contributed by atoms with E-state index in [1.807, 2.05) is 19.9 Å². The number of carbonyl (C=O) groups is 2. The van der Waals surface area contributed by atoms with E-state index in [1.165, 1.54) is 18.4 Å². The summed E-state index contributed by atoms with van der Waals surface area (Å²) in [4.78, 5) is 28.6. The monoisotopic (exact) mass is 367 g/mol. The number of methoxy groups -OCH3 is 1. The third kappa shape index (κ3) is 5.05. The third-order valence-corrected chi connectivity index (χ3v) is 5.81. The minimum Gasteiger partial charge on any atom is -0.465 e. The Morgan fingerprint density at radius 2 is 1.96 bits per heavy atom. The fourth-order valence-electron chi connectivity index (χ4n) is 3.32. The average Bonchev–Trinajstić information content (AvgIpc) is 2.99. The topological polar surface area (TPSA) is 55.8 Å². The van der Waals surface area contributed by atoms with Crippen LogP contribution in [0.25, 0.3) is 0 Å². The van der Waals surface area contributed by atoms with Crippen molar-refractivity contribution in [3.8, 4) is 0 Å². The van der Waals surface area contributed by atoms with Gasteiger partial charge in [0.05, 0.1) is 19.4 Å². The van der Waals surface area contributed by atoms with Crippen molar-refractivity contribution in [1.29, 1.82) is 0 Å². The Morgan fingerprint density at radius 1 is 1.28 bits per heavy atom. The van der Waals surface area contributed by atoms with Gasteiger partial charge in [-0.15, -0.1) is 11.3 Å². The minimum absolute atomic E-state index is 0.0310. The molecule has 0 bridgehead atoms. The lowest BCUT2D eigenvalue weighted by Crippen LogP contribution is -2.40. The number of anilines is 1. The number of carbonyl (C=O) groups excluding carboxylic acids is 2.